The van der Waals surface area contributed by atoms with Gasteiger partial charge in [-0.1, -0.05) is 0 Å². The fourth-order valence-electron chi connectivity index (χ4n) is 2.31. The van der Waals surface area contributed by atoms with E-state index >= 15 is 0 Å². The van der Waals surface area contributed by atoms with E-state index in [9.17, 15) is 8.42 Å². The van der Waals surface area contributed by atoms with Gasteiger partial charge < -0.3 is 0 Å². The first-order valence-electron chi connectivity index (χ1n) is 5.67. The number of rotatable bonds is 4. The monoisotopic (exact) mass is 293 g/mol. The molecule has 0 saturated carbocycles. The minimum absolute atomic E-state index is 0.208. The topological polar surface area (TPSA) is 47.0 Å². The number of alkyl halides is 1. The molecule has 0 spiro atoms. The van der Waals surface area contributed by atoms with Crippen LogP contribution in [0.15, 0.2) is 5.38 Å². The maximum absolute atomic E-state index is 11.5. The van der Waals surface area contributed by atoms with Crippen molar-refractivity contribution >= 4 is 32.8 Å². The predicted molar refractivity (Wildman–Crippen MR) is 71.5 cm³/mol. The zero-order chi connectivity index (χ0) is 12.5. The molecule has 2 rings (SSSR count). The quantitative estimate of drug-likeness (QED) is 0.800. The lowest BCUT2D eigenvalue weighted by Crippen LogP contribution is -2.20. The van der Waals surface area contributed by atoms with E-state index < -0.39 is 9.84 Å². The molecule has 1 aromatic heterocycles. The first-order chi connectivity index (χ1) is 8.00. The van der Waals surface area contributed by atoms with Crippen molar-refractivity contribution in [2.24, 2.45) is 11.8 Å². The summed E-state index contributed by atoms with van der Waals surface area (Å²) in [5.41, 5.74) is 1.04. The number of hydrogen-bond acceptors (Lipinski definition) is 4. The molecule has 2 atom stereocenters. The lowest BCUT2D eigenvalue weighted by atomic mass is 9.90. The Kier molecular flexibility index (Phi) is 4.10. The van der Waals surface area contributed by atoms with Gasteiger partial charge in [0.05, 0.1) is 22.2 Å². The third kappa shape index (κ3) is 3.42. The maximum Gasteiger partial charge on any atom is 0.150 e. The van der Waals surface area contributed by atoms with Crippen LogP contribution < -0.4 is 0 Å². The molecule has 17 heavy (non-hydrogen) atoms. The highest BCUT2D eigenvalue weighted by Gasteiger charge is 2.33. The molecule has 0 aromatic carbocycles. The van der Waals surface area contributed by atoms with E-state index in [0.717, 1.165) is 23.5 Å². The minimum atomic E-state index is -2.81. The lowest BCUT2D eigenvalue weighted by Gasteiger charge is -2.18. The molecule has 0 N–H and O–H groups in total. The molecule has 3 nitrogen and oxygen atoms in total. The highest BCUT2D eigenvalue weighted by atomic mass is 35.5. The van der Waals surface area contributed by atoms with Gasteiger partial charge in [0, 0.05) is 11.3 Å². The van der Waals surface area contributed by atoms with Crippen molar-refractivity contribution in [3.05, 3.63) is 16.1 Å². The van der Waals surface area contributed by atoms with E-state index in [0.29, 0.717) is 17.4 Å². The van der Waals surface area contributed by atoms with Gasteiger partial charge in [-0.25, -0.2) is 13.4 Å². The SMILES string of the molecule is Cc1nc(CC(CCl)C2CCS(=O)(=O)C2)cs1. The molecule has 0 radical (unpaired) electrons. The molecule has 0 aliphatic carbocycles. The van der Waals surface area contributed by atoms with Crippen LogP contribution in [-0.4, -0.2) is 30.8 Å². The van der Waals surface area contributed by atoms with Gasteiger partial charge in [0.15, 0.2) is 9.84 Å². The molecule has 1 aromatic rings. The maximum atomic E-state index is 11.5. The van der Waals surface area contributed by atoms with Crippen LogP contribution in [0, 0.1) is 18.8 Å². The van der Waals surface area contributed by atoms with Gasteiger partial charge in [0.25, 0.3) is 0 Å². The number of aromatic nitrogens is 1. The average Bonchev–Trinajstić information content (AvgIpc) is 2.81. The molecule has 0 amide bonds. The van der Waals surface area contributed by atoms with Crippen LogP contribution in [0.25, 0.3) is 0 Å². The molecule has 0 bridgehead atoms. The standard InChI is InChI=1S/C11H16ClNO2S2/c1-8-13-11(6-16-8)4-10(5-12)9-2-3-17(14,15)7-9/h6,9-10H,2-5,7H2,1H3. The summed E-state index contributed by atoms with van der Waals surface area (Å²) in [5, 5.41) is 3.09. The number of nitrogens with zero attached hydrogens (tertiary/aromatic N) is 1. The van der Waals surface area contributed by atoms with Crippen LogP contribution in [0.2, 0.25) is 0 Å². The summed E-state index contributed by atoms with van der Waals surface area (Å²) >= 11 is 7.60. The van der Waals surface area contributed by atoms with Crippen LogP contribution in [0.1, 0.15) is 17.1 Å². The zero-order valence-corrected chi connectivity index (χ0v) is 12.1. The molecule has 1 fully saturated rings. The van der Waals surface area contributed by atoms with Crippen molar-refractivity contribution in [1.82, 2.24) is 4.98 Å². The zero-order valence-electron chi connectivity index (χ0n) is 9.73. The summed E-state index contributed by atoms with van der Waals surface area (Å²) < 4.78 is 22.9. The van der Waals surface area contributed by atoms with E-state index in [-0.39, 0.29) is 11.8 Å². The molecule has 96 valence electrons. The Hall–Kier alpha value is -0.130. The smallest absolute Gasteiger partial charge is 0.150 e. The Bertz CT molecular complexity index is 483. The lowest BCUT2D eigenvalue weighted by molar-refractivity contribution is 0.395. The summed E-state index contributed by atoms with van der Waals surface area (Å²) in [5.74, 6) is 1.57. The van der Waals surface area contributed by atoms with Crippen molar-refractivity contribution < 1.29 is 8.42 Å². The predicted octanol–water partition coefficient (Wildman–Crippen LogP) is 2.28. The van der Waals surface area contributed by atoms with E-state index in [1.54, 1.807) is 11.3 Å². The Morgan fingerprint density at radius 2 is 2.41 bits per heavy atom. The summed E-state index contributed by atoms with van der Waals surface area (Å²) in [4.78, 5) is 4.42. The Balaban J connectivity index is 2.02. The summed E-state index contributed by atoms with van der Waals surface area (Å²) in [6.07, 6.45) is 1.55. The second-order valence-corrected chi connectivity index (χ2v) is 8.24. The molecule has 6 heteroatoms. The molecule has 2 heterocycles. The van der Waals surface area contributed by atoms with Crippen LogP contribution in [0.3, 0.4) is 0 Å². The second-order valence-electron chi connectivity index (χ2n) is 4.64. The summed E-state index contributed by atoms with van der Waals surface area (Å²) in [6, 6.07) is 0. The van der Waals surface area contributed by atoms with Gasteiger partial charge in [0.2, 0.25) is 0 Å². The largest absolute Gasteiger partial charge is 0.247 e. The summed E-state index contributed by atoms with van der Waals surface area (Å²) in [7, 11) is -2.81. The molecule has 2 unspecified atom stereocenters. The van der Waals surface area contributed by atoms with Crippen molar-refractivity contribution in [1.29, 1.82) is 0 Å². The summed E-state index contributed by atoms with van der Waals surface area (Å²) in [6.45, 7) is 1.98. The molecule has 1 saturated heterocycles. The van der Waals surface area contributed by atoms with Crippen LogP contribution in [0.5, 0.6) is 0 Å². The first kappa shape index (κ1) is 13.3. The van der Waals surface area contributed by atoms with Gasteiger partial charge in [-0.15, -0.1) is 22.9 Å². The normalized spacial score (nSPS) is 24.9. The van der Waals surface area contributed by atoms with Crippen molar-refractivity contribution in [2.75, 3.05) is 17.4 Å². The van der Waals surface area contributed by atoms with Gasteiger partial charge in [0.1, 0.15) is 0 Å². The Morgan fingerprint density at radius 3 is 2.88 bits per heavy atom. The van der Waals surface area contributed by atoms with E-state index in [1.165, 1.54) is 0 Å². The van der Waals surface area contributed by atoms with E-state index in [2.05, 4.69) is 4.98 Å². The highest BCUT2D eigenvalue weighted by molar-refractivity contribution is 7.91. The van der Waals surface area contributed by atoms with Crippen LogP contribution in [0.4, 0.5) is 0 Å². The Labute approximate surface area is 111 Å². The van der Waals surface area contributed by atoms with Crippen molar-refractivity contribution in [3.63, 3.8) is 0 Å². The minimum Gasteiger partial charge on any atom is -0.247 e. The van der Waals surface area contributed by atoms with Gasteiger partial charge in [-0.3, -0.25) is 0 Å². The number of aryl methyl sites for hydroxylation is 1. The fraction of sp³-hybridized carbons (Fsp3) is 0.727. The van der Waals surface area contributed by atoms with Crippen molar-refractivity contribution in [2.45, 2.75) is 19.8 Å². The molecular weight excluding hydrogens is 278 g/mol. The third-order valence-electron chi connectivity index (χ3n) is 3.27. The van der Waals surface area contributed by atoms with Gasteiger partial charge in [-0.2, -0.15) is 0 Å². The Morgan fingerprint density at radius 1 is 1.65 bits per heavy atom. The average molecular weight is 294 g/mol. The van der Waals surface area contributed by atoms with Crippen LogP contribution in [-0.2, 0) is 16.3 Å². The number of halogens is 1. The number of hydrogen-bond donors (Lipinski definition) is 0. The molecule has 1 aliphatic rings. The fourth-order valence-corrected chi connectivity index (χ4v) is 5.22. The van der Waals surface area contributed by atoms with E-state index in [1.807, 2.05) is 12.3 Å². The third-order valence-corrected chi connectivity index (χ3v) is 6.28. The first-order valence-corrected chi connectivity index (χ1v) is 8.91. The van der Waals surface area contributed by atoms with Crippen molar-refractivity contribution in [3.8, 4) is 0 Å². The van der Waals surface area contributed by atoms with Gasteiger partial charge >= 0.3 is 0 Å². The number of thiazole rings is 1. The van der Waals surface area contributed by atoms with Gasteiger partial charge in [-0.05, 0) is 31.6 Å². The van der Waals surface area contributed by atoms with E-state index in [4.69, 9.17) is 11.6 Å². The second kappa shape index (κ2) is 5.24. The number of sulfone groups is 1. The van der Waals surface area contributed by atoms with Crippen LogP contribution >= 0.6 is 22.9 Å². The molecular formula is C11H16ClNO2S2. The highest BCUT2D eigenvalue weighted by Crippen LogP contribution is 2.29. The molecule has 1 aliphatic heterocycles.